The minimum atomic E-state index is -0.420. The molecule has 0 bridgehead atoms. The SMILES string of the molecule is CC(C)(C)OC(=O)N1CCC2(CCC(CO)C2)C1. The normalized spacial score (nSPS) is 32.2. The Morgan fingerprint density at radius 3 is 2.72 bits per heavy atom. The Hall–Kier alpha value is -0.770. The molecule has 1 heterocycles. The summed E-state index contributed by atoms with van der Waals surface area (Å²) in [6.45, 7) is 7.58. The molecule has 104 valence electrons. The molecule has 1 N–H and O–H groups in total. The van der Waals surface area contributed by atoms with Gasteiger partial charge in [0.2, 0.25) is 0 Å². The van der Waals surface area contributed by atoms with E-state index in [-0.39, 0.29) is 18.1 Å². The van der Waals surface area contributed by atoms with Crippen LogP contribution in [0.2, 0.25) is 0 Å². The van der Waals surface area contributed by atoms with Gasteiger partial charge in [-0.15, -0.1) is 0 Å². The highest BCUT2D eigenvalue weighted by atomic mass is 16.6. The van der Waals surface area contributed by atoms with E-state index in [1.807, 2.05) is 25.7 Å². The van der Waals surface area contributed by atoms with Crippen LogP contribution < -0.4 is 0 Å². The number of aliphatic hydroxyl groups excluding tert-OH is 1. The van der Waals surface area contributed by atoms with Gasteiger partial charge in [0.1, 0.15) is 5.60 Å². The van der Waals surface area contributed by atoms with E-state index in [1.165, 1.54) is 0 Å². The van der Waals surface area contributed by atoms with Crippen LogP contribution in [0.1, 0.15) is 46.5 Å². The fourth-order valence-electron chi connectivity index (χ4n) is 3.27. The number of hydrogen-bond donors (Lipinski definition) is 1. The van der Waals surface area contributed by atoms with E-state index in [0.29, 0.717) is 5.92 Å². The number of likely N-dealkylation sites (tertiary alicyclic amines) is 1. The number of ether oxygens (including phenoxy) is 1. The maximum atomic E-state index is 12.0. The molecule has 0 aromatic heterocycles. The fraction of sp³-hybridized carbons (Fsp3) is 0.929. The smallest absolute Gasteiger partial charge is 0.410 e. The van der Waals surface area contributed by atoms with Crippen LogP contribution in [0.4, 0.5) is 4.79 Å². The second-order valence-electron chi connectivity index (χ2n) is 6.94. The van der Waals surface area contributed by atoms with Gasteiger partial charge in [-0.3, -0.25) is 0 Å². The quantitative estimate of drug-likeness (QED) is 0.782. The predicted octanol–water partition coefficient (Wildman–Crippen LogP) is 2.41. The van der Waals surface area contributed by atoms with Crippen LogP contribution >= 0.6 is 0 Å². The number of carbonyl (C=O) groups is 1. The molecule has 18 heavy (non-hydrogen) atoms. The molecule has 0 aromatic rings. The van der Waals surface area contributed by atoms with Crippen LogP contribution in [0.3, 0.4) is 0 Å². The Labute approximate surface area is 109 Å². The minimum Gasteiger partial charge on any atom is -0.444 e. The molecule has 0 aromatic carbocycles. The lowest BCUT2D eigenvalue weighted by atomic mass is 9.84. The minimum absolute atomic E-state index is 0.188. The van der Waals surface area contributed by atoms with Gasteiger partial charge in [-0.1, -0.05) is 0 Å². The Kier molecular flexibility index (Phi) is 3.58. The molecule has 1 aliphatic carbocycles. The Morgan fingerprint density at radius 1 is 1.44 bits per heavy atom. The lowest BCUT2D eigenvalue weighted by Gasteiger charge is -2.27. The average molecular weight is 255 g/mol. The first-order valence-electron chi connectivity index (χ1n) is 6.92. The predicted molar refractivity (Wildman–Crippen MR) is 69.3 cm³/mol. The summed E-state index contributed by atoms with van der Waals surface area (Å²) in [5, 5.41) is 9.23. The lowest BCUT2D eigenvalue weighted by molar-refractivity contribution is 0.0272. The molecule has 0 radical (unpaired) electrons. The first-order chi connectivity index (χ1) is 8.34. The lowest BCUT2D eigenvalue weighted by Crippen LogP contribution is -2.36. The second-order valence-corrected chi connectivity index (χ2v) is 6.94. The van der Waals surface area contributed by atoms with E-state index in [1.54, 1.807) is 0 Å². The van der Waals surface area contributed by atoms with Crippen molar-refractivity contribution in [1.29, 1.82) is 0 Å². The highest BCUT2D eigenvalue weighted by Gasteiger charge is 2.45. The van der Waals surface area contributed by atoms with Crippen LogP contribution in [0.5, 0.6) is 0 Å². The van der Waals surface area contributed by atoms with Crippen LogP contribution in [-0.2, 0) is 4.74 Å². The number of carbonyl (C=O) groups excluding carboxylic acids is 1. The number of aliphatic hydroxyl groups is 1. The van der Waals surface area contributed by atoms with E-state index in [4.69, 9.17) is 4.74 Å². The first-order valence-corrected chi connectivity index (χ1v) is 6.92. The molecule has 1 aliphatic heterocycles. The van der Waals surface area contributed by atoms with Crippen molar-refractivity contribution in [2.24, 2.45) is 11.3 Å². The molecule has 1 spiro atoms. The van der Waals surface area contributed by atoms with Crippen molar-refractivity contribution in [2.75, 3.05) is 19.7 Å². The zero-order valence-electron chi connectivity index (χ0n) is 11.7. The summed E-state index contributed by atoms with van der Waals surface area (Å²) in [5.74, 6) is 0.434. The van der Waals surface area contributed by atoms with Crippen molar-refractivity contribution in [3.8, 4) is 0 Å². The van der Waals surface area contributed by atoms with Gasteiger partial charge in [0.25, 0.3) is 0 Å². The van der Waals surface area contributed by atoms with Crippen molar-refractivity contribution >= 4 is 6.09 Å². The molecule has 1 saturated carbocycles. The fourth-order valence-corrected chi connectivity index (χ4v) is 3.27. The van der Waals surface area contributed by atoms with E-state index < -0.39 is 5.60 Å². The third-order valence-electron chi connectivity index (χ3n) is 4.15. The summed E-state index contributed by atoms with van der Waals surface area (Å²) >= 11 is 0. The van der Waals surface area contributed by atoms with Gasteiger partial charge < -0.3 is 14.7 Å². The molecule has 2 aliphatic rings. The van der Waals surface area contributed by atoms with Crippen molar-refractivity contribution in [3.05, 3.63) is 0 Å². The molecule has 1 amide bonds. The van der Waals surface area contributed by atoms with E-state index in [2.05, 4.69) is 0 Å². The van der Waals surface area contributed by atoms with Gasteiger partial charge >= 0.3 is 6.09 Å². The highest BCUT2D eigenvalue weighted by Crippen LogP contribution is 2.48. The summed E-state index contributed by atoms with van der Waals surface area (Å²) in [5.41, 5.74) is -0.166. The largest absolute Gasteiger partial charge is 0.444 e. The number of nitrogens with zero attached hydrogens (tertiary/aromatic N) is 1. The number of rotatable bonds is 1. The van der Waals surface area contributed by atoms with Crippen LogP contribution in [0.25, 0.3) is 0 Å². The van der Waals surface area contributed by atoms with Crippen molar-refractivity contribution < 1.29 is 14.6 Å². The molecule has 2 rings (SSSR count). The maximum Gasteiger partial charge on any atom is 0.410 e. The van der Waals surface area contributed by atoms with Crippen molar-refractivity contribution in [2.45, 2.75) is 52.1 Å². The third-order valence-corrected chi connectivity index (χ3v) is 4.15. The summed E-state index contributed by atoms with van der Waals surface area (Å²) in [6, 6.07) is 0. The van der Waals surface area contributed by atoms with Crippen molar-refractivity contribution in [1.82, 2.24) is 4.90 Å². The van der Waals surface area contributed by atoms with E-state index in [9.17, 15) is 9.90 Å². The molecule has 1 saturated heterocycles. The highest BCUT2D eigenvalue weighted by molar-refractivity contribution is 5.68. The zero-order valence-corrected chi connectivity index (χ0v) is 11.7. The van der Waals surface area contributed by atoms with Gasteiger partial charge in [0.05, 0.1) is 0 Å². The van der Waals surface area contributed by atoms with Gasteiger partial charge in [-0.2, -0.15) is 0 Å². The topological polar surface area (TPSA) is 49.8 Å². The molecule has 4 nitrogen and oxygen atoms in total. The maximum absolute atomic E-state index is 12.0. The first kappa shape index (κ1) is 13.7. The Morgan fingerprint density at radius 2 is 2.17 bits per heavy atom. The van der Waals surface area contributed by atoms with Gasteiger partial charge in [0.15, 0.2) is 0 Å². The molecular weight excluding hydrogens is 230 g/mol. The van der Waals surface area contributed by atoms with Gasteiger partial charge in [0, 0.05) is 19.7 Å². The standard InChI is InChI=1S/C14H25NO3/c1-13(2,3)18-12(17)15-7-6-14(10-15)5-4-11(8-14)9-16/h11,16H,4-10H2,1-3H3. The number of amides is 1. The summed E-state index contributed by atoms with van der Waals surface area (Å²) in [7, 11) is 0. The summed E-state index contributed by atoms with van der Waals surface area (Å²) < 4.78 is 5.42. The monoisotopic (exact) mass is 255 g/mol. The van der Waals surface area contributed by atoms with E-state index >= 15 is 0 Å². The van der Waals surface area contributed by atoms with Crippen molar-refractivity contribution in [3.63, 3.8) is 0 Å². The zero-order chi connectivity index (χ0) is 13.4. The third kappa shape index (κ3) is 2.97. The van der Waals surface area contributed by atoms with Gasteiger partial charge in [-0.05, 0) is 57.8 Å². The Bertz CT molecular complexity index is 323. The molecule has 4 heteroatoms. The molecule has 2 fully saturated rings. The number of hydrogen-bond acceptors (Lipinski definition) is 3. The summed E-state index contributed by atoms with van der Waals surface area (Å²) in [4.78, 5) is 13.8. The van der Waals surface area contributed by atoms with Crippen LogP contribution in [0.15, 0.2) is 0 Å². The Balaban J connectivity index is 1.91. The van der Waals surface area contributed by atoms with Gasteiger partial charge in [-0.25, -0.2) is 4.79 Å². The van der Waals surface area contributed by atoms with Crippen LogP contribution in [0, 0.1) is 11.3 Å². The summed E-state index contributed by atoms with van der Waals surface area (Å²) in [6.07, 6.45) is 4.16. The molecule has 2 atom stereocenters. The average Bonchev–Trinajstić information content (AvgIpc) is 2.84. The molecular formula is C14H25NO3. The van der Waals surface area contributed by atoms with Crippen LogP contribution in [-0.4, -0.2) is 41.4 Å². The van der Waals surface area contributed by atoms with E-state index in [0.717, 1.165) is 38.8 Å². The second kappa shape index (κ2) is 4.72. The molecule has 2 unspecified atom stereocenters.